The van der Waals surface area contributed by atoms with Crippen molar-refractivity contribution in [1.29, 1.82) is 0 Å². The number of aromatic nitrogens is 3. The van der Waals surface area contributed by atoms with Gasteiger partial charge in [-0.25, -0.2) is 14.4 Å². The molecule has 0 unspecified atom stereocenters. The van der Waals surface area contributed by atoms with E-state index in [1.54, 1.807) is 12.1 Å². The summed E-state index contributed by atoms with van der Waals surface area (Å²) < 4.78 is 15.1. The Bertz CT molecular complexity index is 1360. The molecule has 0 atom stereocenters. The van der Waals surface area contributed by atoms with Gasteiger partial charge in [-0.3, -0.25) is 4.79 Å². The molecule has 5 aromatic rings. The Morgan fingerprint density at radius 3 is 2.38 bits per heavy atom. The highest BCUT2D eigenvalue weighted by Crippen LogP contribution is 2.28. The second-order valence-electron chi connectivity index (χ2n) is 6.86. The number of amides is 1. The zero-order chi connectivity index (χ0) is 19.8. The molecular formula is C23H17FN4O. The fourth-order valence-corrected chi connectivity index (χ4v) is 3.58. The molecule has 0 aliphatic rings. The van der Waals surface area contributed by atoms with Crippen LogP contribution in [0.25, 0.3) is 33.1 Å². The molecule has 6 heteroatoms. The highest BCUT2D eigenvalue weighted by atomic mass is 19.1. The largest absolute Gasteiger partial charge is 0.326 e. The normalized spacial score (nSPS) is 11.3. The summed E-state index contributed by atoms with van der Waals surface area (Å²) in [5.74, 6) is -0.477. The number of benzene rings is 3. The molecule has 0 radical (unpaired) electrons. The fraction of sp³-hybridized carbons (Fsp3) is 0.0870. The van der Waals surface area contributed by atoms with Crippen molar-refractivity contribution in [3.05, 3.63) is 78.6 Å². The van der Waals surface area contributed by atoms with Crippen molar-refractivity contribution < 1.29 is 9.18 Å². The van der Waals surface area contributed by atoms with Crippen LogP contribution in [0.15, 0.2) is 72.8 Å². The van der Waals surface area contributed by atoms with Gasteiger partial charge in [0, 0.05) is 24.0 Å². The molecule has 0 fully saturated rings. The number of hydrogen-bond donors (Lipinski definition) is 1. The van der Waals surface area contributed by atoms with Crippen molar-refractivity contribution in [2.75, 3.05) is 5.32 Å². The van der Waals surface area contributed by atoms with E-state index in [2.05, 4.69) is 5.32 Å². The van der Waals surface area contributed by atoms with Gasteiger partial charge in [-0.15, -0.1) is 0 Å². The Morgan fingerprint density at radius 2 is 1.59 bits per heavy atom. The van der Waals surface area contributed by atoms with Crippen LogP contribution in [0.1, 0.15) is 6.42 Å². The number of anilines is 1. The molecule has 0 spiro atoms. The lowest BCUT2D eigenvalue weighted by molar-refractivity contribution is -0.116. The van der Waals surface area contributed by atoms with Gasteiger partial charge in [-0.2, -0.15) is 0 Å². The summed E-state index contributed by atoms with van der Waals surface area (Å²) >= 11 is 0. The lowest BCUT2D eigenvalue weighted by atomic mass is 10.2. The Kier molecular flexibility index (Phi) is 4.17. The van der Waals surface area contributed by atoms with Crippen molar-refractivity contribution in [3.8, 4) is 0 Å². The number of rotatable bonds is 4. The maximum atomic E-state index is 13.0. The second kappa shape index (κ2) is 6.98. The molecule has 0 aliphatic heterocycles. The third kappa shape index (κ3) is 3.18. The van der Waals surface area contributed by atoms with Gasteiger partial charge in [-0.05, 0) is 42.5 Å². The Balaban J connectivity index is 1.50. The summed E-state index contributed by atoms with van der Waals surface area (Å²) in [7, 11) is 0. The fourth-order valence-electron chi connectivity index (χ4n) is 3.58. The molecule has 0 bridgehead atoms. The monoisotopic (exact) mass is 384 g/mol. The number of para-hydroxylation sites is 3. The lowest BCUT2D eigenvalue weighted by Crippen LogP contribution is -2.14. The highest BCUT2D eigenvalue weighted by Gasteiger charge is 2.15. The van der Waals surface area contributed by atoms with Crippen LogP contribution in [0, 0.1) is 5.82 Å². The van der Waals surface area contributed by atoms with Crippen LogP contribution in [0.3, 0.4) is 0 Å². The van der Waals surface area contributed by atoms with Crippen molar-refractivity contribution in [2.24, 2.45) is 0 Å². The number of carbonyl (C=O) groups is 1. The van der Waals surface area contributed by atoms with E-state index in [0.29, 0.717) is 12.2 Å². The van der Waals surface area contributed by atoms with Gasteiger partial charge in [0.05, 0.1) is 16.6 Å². The van der Waals surface area contributed by atoms with Crippen LogP contribution in [-0.4, -0.2) is 20.4 Å². The Morgan fingerprint density at radius 1 is 0.897 bits per heavy atom. The van der Waals surface area contributed by atoms with E-state index < -0.39 is 0 Å². The van der Waals surface area contributed by atoms with E-state index in [1.165, 1.54) is 12.1 Å². The first-order valence-corrected chi connectivity index (χ1v) is 9.38. The van der Waals surface area contributed by atoms with Gasteiger partial charge in [-0.1, -0.05) is 30.3 Å². The molecular weight excluding hydrogens is 367 g/mol. The predicted octanol–water partition coefficient (Wildman–Crippen LogP) is 4.91. The van der Waals surface area contributed by atoms with Crippen molar-refractivity contribution in [1.82, 2.24) is 14.5 Å². The van der Waals surface area contributed by atoms with E-state index in [0.717, 1.165) is 33.1 Å². The third-order valence-corrected chi connectivity index (χ3v) is 4.95. The van der Waals surface area contributed by atoms with E-state index in [1.807, 2.05) is 53.1 Å². The summed E-state index contributed by atoms with van der Waals surface area (Å²) in [6, 6.07) is 21.5. The minimum atomic E-state index is -0.334. The van der Waals surface area contributed by atoms with Crippen LogP contribution in [-0.2, 0) is 11.3 Å². The van der Waals surface area contributed by atoms with E-state index >= 15 is 0 Å². The van der Waals surface area contributed by atoms with Crippen LogP contribution < -0.4 is 5.32 Å². The summed E-state index contributed by atoms with van der Waals surface area (Å²) in [4.78, 5) is 22.0. The Hall–Kier alpha value is -3.80. The van der Waals surface area contributed by atoms with Crippen molar-refractivity contribution in [2.45, 2.75) is 13.0 Å². The second-order valence-corrected chi connectivity index (χ2v) is 6.86. The van der Waals surface area contributed by atoms with Crippen LogP contribution in [0.5, 0.6) is 0 Å². The average Bonchev–Trinajstić information content (AvgIpc) is 3.05. The van der Waals surface area contributed by atoms with Gasteiger partial charge in [0.1, 0.15) is 11.3 Å². The Labute approximate surface area is 165 Å². The van der Waals surface area contributed by atoms with E-state index in [4.69, 9.17) is 9.97 Å². The molecule has 5 nitrogen and oxygen atoms in total. The highest BCUT2D eigenvalue weighted by molar-refractivity contribution is 6.06. The topological polar surface area (TPSA) is 59.8 Å². The minimum Gasteiger partial charge on any atom is -0.326 e. The number of halogens is 1. The van der Waals surface area contributed by atoms with Crippen molar-refractivity contribution >= 4 is 44.7 Å². The van der Waals surface area contributed by atoms with Crippen LogP contribution in [0.2, 0.25) is 0 Å². The zero-order valence-electron chi connectivity index (χ0n) is 15.5. The van der Waals surface area contributed by atoms with Crippen LogP contribution >= 0.6 is 0 Å². The quantitative estimate of drug-likeness (QED) is 0.479. The number of hydrogen-bond acceptors (Lipinski definition) is 3. The lowest BCUT2D eigenvalue weighted by Gasteiger charge is -2.08. The molecule has 1 amide bonds. The van der Waals surface area contributed by atoms with E-state index in [9.17, 15) is 9.18 Å². The van der Waals surface area contributed by atoms with Crippen LogP contribution in [0.4, 0.5) is 10.1 Å². The molecule has 0 aliphatic carbocycles. The number of aryl methyl sites for hydroxylation is 1. The van der Waals surface area contributed by atoms with Gasteiger partial charge in [0.25, 0.3) is 0 Å². The molecule has 142 valence electrons. The van der Waals surface area contributed by atoms with E-state index in [-0.39, 0.29) is 18.1 Å². The standard InChI is InChI=1S/C23H17FN4O/c24-15-9-11-16(12-10-15)25-21(29)13-14-28-20-8-4-1-5-17(20)22-23(28)27-19-7-3-2-6-18(19)26-22/h1-12H,13-14H2,(H,25,29). The third-order valence-electron chi connectivity index (χ3n) is 4.95. The maximum Gasteiger partial charge on any atom is 0.226 e. The number of nitrogens with one attached hydrogen (secondary N) is 1. The maximum absolute atomic E-state index is 13.0. The number of carbonyl (C=O) groups excluding carboxylic acids is 1. The average molecular weight is 384 g/mol. The summed E-state index contributed by atoms with van der Waals surface area (Å²) in [5, 5.41) is 3.82. The van der Waals surface area contributed by atoms with Gasteiger partial charge < -0.3 is 9.88 Å². The number of nitrogens with zero attached hydrogens (tertiary/aromatic N) is 3. The molecule has 2 aromatic heterocycles. The smallest absolute Gasteiger partial charge is 0.226 e. The van der Waals surface area contributed by atoms with Gasteiger partial charge >= 0.3 is 0 Å². The molecule has 3 aromatic carbocycles. The molecule has 29 heavy (non-hydrogen) atoms. The summed E-state index contributed by atoms with van der Waals surface area (Å²) in [6.45, 7) is 0.462. The molecule has 0 saturated carbocycles. The van der Waals surface area contributed by atoms with Crippen molar-refractivity contribution in [3.63, 3.8) is 0 Å². The number of fused-ring (bicyclic) bond motifs is 4. The molecule has 1 N–H and O–H groups in total. The molecule has 5 rings (SSSR count). The van der Waals surface area contributed by atoms with Gasteiger partial charge in [0.2, 0.25) is 5.91 Å². The van der Waals surface area contributed by atoms with Gasteiger partial charge in [0.15, 0.2) is 5.65 Å². The molecule has 0 saturated heterocycles. The summed E-state index contributed by atoms with van der Waals surface area (Å²) in [6.07, 6.45) is 0.264. The first-order valence-electron chi connectivity index (χ1n) is 9.38. The predicted molar refractivity (Wildman–Crippen MR) is 112 cm³/mol. The first-order chi connectivity index (χ1) is 14.2. The minimum absolute atomic E-state index is 0.142. The first kappa shape index (κ1) is 17.3. The zero-order valence-corrected chi connectivity index (χ0v) is 15.5. The molecule has 2 heterocycles. The SMILES string of the molecule is O=C(CCn1c2ccccc2c2nc3ccccc3nc21)Nc1ccc(F)cc1. The summed E-state index contributed by atoms with van der Waals surface area (Å²) in [5.41, 5.74) is 4.83.